The summed E-state index contributed by atoms with van der Waals surface area (Å²) in [6.07, 6.45) is 2.44. The molecule has 5 rings (SSSR count). The number of ether oxygens (including phenoxy) is 3. The van der Waals surface area contributed by atoms with Crippen LogP contribution in [0.2, 0.25) is 0 Å². The number of nitrogens with zero attached hydrogens (tertiary/aromatic N) is 2. The predicted octanol–water partition coefficient (Wildman–Crippen LogP) is 3.69. The summed E-state index contributed by atoms with van der Waals surface area (Å²) in [6.45, 7) is 1.83. The van der Waals surface area contributed by atoms with Crippen LogP contribution in [-0.4, -0.2) is 36.0 Å². The molecular weight excluding hydrogens is 344 g/mol. The molecule has 2 aromatic carbocycles. The highest BCUT2D eigenvalue weighted by molar-refractivity contribution is 5.90. The summed E-state index contributed by atoms with van der Waals surface area (Å²) in [5.74, 6) is 2.80. The van der Waals surface area contributed by atoms with Crippen LogP contribution in [0.25, 0.3) is 10.9 Å². The lowest BCUT2D eigenvalue weighted by Gasteiger charge is -2.14. The van der Waals surface area contributed by atoms with Crippen LogP contribution in [0.5, 0.6) is 11.5 Å². The number of rotatable bonds is 5. The zero-order valence-electron chi connectivity index (χ0n) is 14.8. The van der Waals surface area contributed by atoms with Gasteiger partial charge in [0.1, 0.15) is 5.82 Å². The average Bonchev–Trinajstić information content (AvgIpc) is 3.37. The molecule has 0 amide bonds. The quantitative estimate of drug-likeness (QED) is 0.715. The highest BCUT2D eigenvalue weighted by Gasteiger charge is 2.17. The van der Waals surface area contributed by atoms with E-state index in [1.54, 1.807) is 0 Å². The third-order valence-corrected chi connectivity index (χ3v) is 4.75. The molecule has 2 aliphatic heterocycles. The van der Waals surface area contributed by atoms with Gasteiger partial charge in [-0.05, 0) is 37.1 Å². The Morgan fingerprint density at radius 3 is 2.89 bits per heavy atom. The molecule has 3 heterocycles. The van der Waals surface area contributed by atoms with Gasteiger partial charge in [0.05, 0.1) is 11.6 Å². The van der Waals surface area contributed by atoms with Crippen molar-refractivity contribution < 1.29 is 14.2 Å². The fraction of sp³-hybridized carbons (Fsp3) is 0.300. The molecule has 0 radical (unpaired) electrons. The summed E-state index contributed by atoms with van der Waals surface area (Å²) >= 11 is 0. The number of aromatic nitrogens is 2. The maximum atomic E-state index is 5.71. The molecule has 0 unspecified atom stereocenters. The van der Waals surface area contributed by atoms with Crippen LogP contribution in [0.4, 0.5) is 17.5 Å². The summed E-state index contributed by atoms with van der Waals surface area (Å²) < 4.78 is 16.5. The van der Waals surface area contributed by atoms with Gasteiger partial charge < -0.3 is 24.8 Å². The Morgan fingerprint density at radius 1 is 1.04 bits per heavy atom. The summed E-state index contributed by atoms with van der Waals surface area (Å²) in [7, 11) is 0. The second-order valence-corrected chi connectivity index (χ2v) is 6.62. The minimum absolute atomic E-state index is 0.240. The summed E-state index contributed by atoms with van der Waals surface area (Å²) in [4.78, 5) is 9.33. The van der Waals surface area contributed by atoms with Gasteiger partial charge in [0.25, 0.3) is 0 Å². The minimum atomic E-state index is 0.240. The third-order valence-electron chi connectivity index (χ3n) is 4.75. The van der Waals surface area contributed by atoms with E-state index in [1.165, 1.54) is 0 Å². The number of anilines is 3. The van der Waals surface area contributed by atoms with E-state index in [-0.39, 0.29) is 12.9 Å². The Morgan fingerprint density at radius 2 is 1.96 bits per heavy atom. The maximum Gasteiger partial charge on any atom is 0.231 e. The normalized spacial score (nSPS) is 18.0. The lowest BCUT2D eigenvalue weighted by molar-refractivity contribution is 0.120. The molecule has 7 heteroatoms. The highest BCUT2D eigenvalue weighted by atomic mass is 16.7. The molecule has 0 aliphatic carbocycles. The van der Waals surface area contributed by atoms with Gasteiger partial charge in [-0.3, -0.25) is 0 Å². The molecule has 138 valence electrons. The summed E-state index contributed by atoms with van der Waals surface area (Å²) in [5, 5.41) is 7.69. The smallest absolute Gasteiger partial charge is 0.231 e. The van der Waals surface area contributed by atoms with Gasteiger partial charge in [-0.1, -0.05) is 12.1 Å². The van der Waals surface area contributed by atoms with Gasteiger partial charge in [-0.25, -0.2) is 4.98 Å². The largest absolute Gasteiger partial charge is 0.454 e. The van der Waals surface area contributed by atoms with Crippen molar-refractivity contribution in [2.75, 3.05) is 30.6 Å². The van der Waals surface area contributed by atoms with Gasteiger partial charge in [0.15, 0.2) is 11.5 Å². The van der Waals surface area contributed by atoms with Crippen molar-refractivity contribution in [3.05, 3.63) is 42.5 Å². The van der Waals surface area contributed by atoms with Crippen molar-refractivity contribution in [3.8, 4) is 11.5 Å². The molecule has 2 aliphatic rings. The molecular formula is C20H20N4O3. The molecule has 27 heavy (non-hydrogen) atoms. The van der Waals surface area contributed by atoms with Gasteiger partial charge in [0.2, 0.25) is 12.7 Å². The standard InChI is InChI=1S/C20H20N4O3/c1-2-6-16-15(5-1)19(21-11-14-4-3-9-25-14)24-20(23-16)22-13-7-8-17-18(10-13)27-12-26-17/h1-2,5-8,10,14H,3-4,9,11-12H2,(H2,21,22,23,24)/t14-/m0/s1. The first-order chi connectivity index (χ1) is 13.3. The van der Waals surface area contributed by atoms with Crippen molar-refractivity contribution in [2.24, 2.45) is 0 Å². The zero-order chi connectivity index (χ0) is 18.1. The van der Waals surface area contributed by atoms with Crippen LogP contribution in [0.3, 0.4) is 0 Å². The molecule has 0 saturated carbocycles. The summed E-state index contributed by atoms with van der Waals surface area (Å²) in [6, 6.07) is 13.7. The van der Waals surface area contributed by atoms with E-state index >= 15 is 0 Å². The molecule has 2 N–H and O–H groups in total. The van der Waals surface area contributed by atoms with Crippen LogP contribution >= 0.6 is 0 Å². The van der Waals surface area contributed by atoms with Gasteiger partial charge in [0, 0.05) is 30.3 Å². The topological polar surface area (TPSA) is 77.5 Å². The molecule has 7 nitrogen and oxygen atoms in total. The Balaban J connectivity index is 1.43. The van der Waals surface area contributed by atoms with E-state index in [1.807, 2.05) is 42.5 Å². The first-order valence-corrected chi connectivity index (χ1v) is 9.14. The highest BCUT2D eigenvalue weighted by Crippen LogP contribution is 2.35. The van der Waals surface area contributed by atoms with Crippen LogP contribution in [0, 0.1) is 0 Å². The van der Waals surface area contributed by atoms with E-state index < -0.39 is 0 Å². The molecule has 1 fully saturated rings. The first kappa shape index (κ1) is 16.1. The van der Waals surface area contributed by atoms with E-state index in [2.05, 4.69) is 20.6 Å². The number of para-hydroxylation sites is 1. The van der Waals surface area contributed by atoms with Crippen molar-refractivity contribution >= 4 is 28.4 Å². The van der Waals surface area contributed by atoms with Gasteiger partial charge >= 0.3 is 0 Å². The number of hydrogen-bond donors (Lipinski definition) is 2. The Labute approximate surface area is 156 Å². The van der Waals surface area contributed by atoms with Crippen LogP contribution in [0.1, 0.15) is 12.8 Å². The number of hydrogen-bond acceptors (Lipinski definition) is 7. The van der Waals surface area contributed by atoms with E-state index in [0.717, 1.165) is 59.9 Å². The molecule has 0 spiro atoms. The minimum Gasteiger partial charge on any atom is -0.454 e. The maximum absolute atomic E-state index is 5.71. The Hall–Kier alpha value is -3.06. The molecule has 1 saturated heterocycles. The van der Waals surface area contributed by atoms with Crippen molar-refractivity contribution in [1.82, 2.24) is 9.97 Å². The molecule has 1 aromatic heterocycles. The van der Waals surface area contributed by atoms with Crippen molar-refractivity contribution in [2.45, 2.75) is 18.9 Å². The van der Waals surface area contributed by atoms with E-state index in [0.29, 0.717) is 5.95 Å². The van der Waals surface area contributed by atoms with Crippen LogP contribution < -0.4 is 20.1 Å². The fourth-order valence-electron chi connectivity index (χ4n) is 3.39. The Kier molecular flexibility index (Phi) is 4.14. The number of fused-ring (bicyclic) bond motifs is 2. The van der Waals surface area contributed by atoms with Gasteiger partial charge in [-0.15, -0.1) is 0 Å². The summed E-state index contributed by atoms with van der Waals surface area (Å²) in [5.41, 5.74) is 1.73. The molecule has 3 aromatic rings. The van der Waals surface area contributed by atoms with E-state index in [4.69, 9.17) is 14.2 Å². The van der Waals surface area contributed by atoms with Crippen LogP contribution in [-0.2, 0) is 4.74 Å². The van der Waals surface area contributed by atoms with Crippen LogP contribution in [0.15, 0.2) is 42.5 Å². The number of benzene rings is 2. The SMILES string of the molecule is c1ccc2c(NC[C@@H]3CCCO3)nc(Nc3ccc4c(c3)OCO4)nc2c1. The van der Waals surface area contributed by atoms with Crippen molar-refractivity contribution in [3.63, 3.8) is 0 Å². The zero-order valence-corrected chi connectivity index (χ0v) is 14.8. The Bertz CT molecular complexity index is 973. The fourth-order valence-corrected chi connectivity index (χ4v) is 3.39. The third kappa shape index (κ3) is 3.33. The lowest BCUT2D eigenvalue weighted by Crippen LogP contribution is -2.19. The van der Waals surface area contributed by atoms with E-state index in [9.17, 15) is 0 Å². The second-order valence-electron chi connectivity index (χ2n) is 6.62. The van der Waals surface area contributed by atoms with Gasteiger partial charge in [-0.2, -0.15) is 4.98 Å². The molecule has 0 bridgehead atoms. The monoisotopic (exact) mass is 364 g/mol. The van der Waals surface area contributed by atoms with Crippen molar-refractivity contribution in [1.29, 1.82) is 0 Å². The average molecular weight is 364 g/mol. The second kappa shape index (κ2) is 6.92. The molecule has 1 atom stereocenters. The number of nitrogens with one attached hydrogen (secondary N) is 2. The lowest BCUT2D eigenvalue weighted by atomic mass is 10.2. The predicted molar refractivity (Wildman–Crippen MR) is 103 cm³/mol. The first-order valence-electron chi connectivity index (χ1n) is 9.14.